The van der Waals surface area contributed by atoms with Crippen LogP contribution in [0.25, 0.3) is 0 Å². The summed E-state index contributed by atoms with van der Waals surface area (Å²) in [6.07, 6.45) is -0.0303. The first-order valence-electron chi connectivity index (χ1n) is 5.95. The number of carbonyl (C=O) groups excluding carboxylic acids is 1. The molecular weight excluding hydrogens is 232 g/mol. The van der Waals surface area contributed by atoms with Crippen molar-refractivity contribution < 1.29 is 14.3 Å². The van der Waals surface area contributed by atoms with Crippen molar-refractivity contribution in [1.29, 1.82) is 0 Å². The van der Waals surface area contributed by atoms with Crippen LogP contribution in [0.3, 0.4) is 0 Å². The maximum Gasteiger partial charge on any atom is 0.227 e. The van der Waals surface area contributed by atoms with Crippen LogP contribution in [0.4, 0.5) is 5.69 Å². The fraction of sp³-hybridized carbons (Fsp3) is 0.462. The minimum atomic E-state index is -0.260. The van der Waals surface area contributed by atoms with Crippen molar-refractivity contribution in [3.63, 3.8) is 0 Å². The fourth-order valence-corrected chi connectivity index (χ4v) is 1.52. The smallest absolute Gasteiger partial charge is 0.227 e. The Morgan fingerprint density at radius 2 is 2.17 bits per heavy atom. The van der Waals surface area contributed by atoms with Gasteiger partial charge in [-0.1, -0.05) is 12.1 Å². The summed E-state index contributed by atoms with van der Waals surface area (Å²) in [6, 6.07) is 7.32. The summed E-state index contributed by atoms with van der Waals surface area (Å²) in [5, 5.41) is 2.79. The Balaban J connectivity index is 2.63. The molecule has 1 aromatic rings. The molecule has 0 aliphatic heterocycles. The minimum Gasteiger partial charge on any atom is -0.492 e. The van der Waals surface area contributed by atoms with E-state index in [-0.39, 0.29) is 18.4 Å². The van der Waals surface area contributed by atoms with Crippen molar-refractivity contribution in [2.24, 2.45) is 5.73 Å². The van der Waals surface area contributed by atoms with Crippen LogP contribution >= 0.6 is 0 Å². The van der Waals surface area contributed by atoms with E-state index >= 15 is 0 Å². The molecule has 0 saturated carbocycles. The van der Waals surface area contributed by atoms with Crippen LogP contribution in [0, 0.1) is 0 Å². The van der Waals surface area contributed by atoms with Gasteiger partial charge in [-0.3, -0.25) is 4.79 Å². The number of methoxy groups -OCH3 is 1. The first-order chi connectivity index (χ1) is 8.71. The van der Waals surface area contributed by atoms with Crippen molar-refractivity contribution in [2.45, 2.75) is 19.4 Å². The van der Waals surface area contributed by atoms with Gasteiger partial charge < -0.3 is 20.5 Å². The molecule has 0 fully saturated rings. The zero-order valence-electron chi connectivity index (χ0n) is 10.8. The molecule has 5 heteroatoms. The standard InChI is InChI=1S/C13H20N2O3/c1-3-18-12-7-5-4-6-11(12)15-13(16)8-10(9-14)17-2/h4-7,10H,3,8-9,14H2,1-2H3,(H,15,16). The Morgan fingerprint density at radius 1 is 1.44 bits per heavy atom. The van der Waals surface area contributed by atoms with Gasteiger partial charge in [0.1, 0.15) is 5.75 Å². The van der Waals surface area contributed by atoms with Crippen LogP contribution in [-0.4, -0.2) is 32.3 Å². The second-order valence-corrected chi connectivity index (χ2v) is 3.77. The summed E-state index contributed by atoms with van der Waals surface area (Å²) in [5.74, 6) is 0.523. The van der Waals surface area contributed by atoms with Crippen LogP contribution in [0.1, 0.15) is 13.3 Å². The van der Waals surface area contributed by atoms with E-state index in [2.05, 4.69) is 5.32 Å². The summed E-state index contributed by atoms with van der Waals surface area (Å²) in [4.78, 5) is 11.8. The Kier molecular flexibility index (Phi) is 6.18. The van der Waals surface area contributed by atoms with Crippen molar-refractivity contribution in [3.8, 4) is 5.75 Å². The van der Waals surface area contributed by atoms with Crippen LogP contribution in [-0.2, 0) is 9.53 Å². The van der Waals surface area contributed by atoms with E-state index in [1.807, 2.05) is 25.1 Å². The molecule has 1 amide bonds. The highest BCUT2D eigenvalue weighted by molar-refractivity contribution is 5.92. The molecule has 0 bridgehead atoms. The van der Waals surface area contributed by atoms with Crippen molar-refractivity contribution in [3.05, 3.63) is 24.3 Å². The average molecular weight is 252 g/mol. The number of carbonyl (C=O) groups is 1. The Bertz CT molecular complexity index is 378. The van der Waals surface area contributed by atoms with Gasteiger partial charge in [-0.25, -0.2) is 0 Å². The van der Waals surface area contributed by atoms with Gasteiger partial charge in [0.2, 0.25) is 5.91 Å². The van der Waals surface area contributed by atoms with Gasteiger partial charge in [0.15, 0.2) is 0 Å². The summed E-state index contributed by atoms with van der Waals surface area (Å²) >= 11 is 0. The van der Waals surface area contributed by atoms with E-state index in [4.69, 9.17) is 15.2 Å². The maximum absolute atomic E-state index is 11.8. The molecule has 1 aromatic carbocycles. The zero-order valence-corrected chi connectivity index (χ0v) is 10.8. The van der Waals surface area contributed by atoms with E-state index < -0.39 is 0 Å². The van der Waals surface area contributed by atoms with Gasteiger partial charge in [0.05, 0.1) is 24.8 Å². The van der Waals surface area contributed by atoms with Crippen LogP contribution in [0.2, 0.25) is 0 Å². The number of ether oxygens (including phenoxy) is 2. The zero-order chi connectivity index (χ0) is 13.4. The largest absolute Gasteiger partial charge is 0.492 e. The lowest BCUT2D eigenvalue weighted by molar-refractivity contribution is -0.118. The Labute approximate surface area is 107 Å². The first kappa shape index (κ1) is 14.5. The number of nitrogens with one attached hydrogen (secondary N) is 1. The Hall–Kier alpha value is -1.59. The molecule has 0 heterocycles. The molecule has 0 saturated heterocycles. The van der Waals surface area contributed by atoms with E-state index in [1.165, 1.54) is 0 Å². The lowest BCUT2D eigenvalue weighted by Crippen LogP contribution is -2.28. The molecule has 1 rings (SSSR count). The van der Waals surface area contributed by atoms with Gasteiger partial charge in [-0.2, -0.15) is 0 Å². The van der Waals surface area contributed by atoms with Gasteiger partial charge in [-0.15, -0.1) is 0 Å². The maximum atomic E-state index is 11.8. The molecule has 100 valence electrons. The van der Waals surface area contributed by atoms with E-state index in [9.17, 15) is 4.79 Å². The monoisotopic (exact) mass is 252 g/mol. The molecule has 0 aliphatic rings. The number of amides is 1. The normalized spacial score (nSPS) is 11.9. The summed E-state index contributed by atoms with van der Waals surface area (Å²) in [6.45, 7) is 2.77. The molecule has 0 aromatic heterocycles. The van der Waals surface area contributed by atoms with Crippen molar-refractivity contribution >= 4 is 11.6 Å². The third-order valence-corrected chi connectivity index (χ3v) is 2.47. The molecule has 1 unspecified atom stereocenters. The lowest BCUT2D eigenvalue weighted by atomic mass is 10.2. The molecular formula is C13H20N2O3. The Morgan fingerprint density at radius 3 is 2.78 bits per heavy atom. The lowest BCUT2D eigenvalue weighted by Gasteiger charge is -2.14. The highest BCUT2D eigenvalue weighted by Gasteiger charge is 2.13. The van der Waals surface area contributed by atoms with E-state index in [0.29, 0.717) is 24.6 Å². The predicted molar refractivity (Wildman–Crippen MR) is 70.7 cm³/mol. The van der Waals surface area contributed by atoms with E-state index in [0.717, 1.165) is 0 Å². The van der Waals surface area contributed by atoms with Gasteiger partial charge in [0.25, 0.3) is 0 Å². The summed E-state index contributed by atoms with van der Waals surface area (Å²) in [7, 11) is 1.54. The average Bonchev–Trinajstić information content (AvgIpc) is 2.38. The van der Waals surface area contributed by atoms with Gasteiger partial charge in [0, 0.05) is 13.7 Å². The molecule has 3 N–H and O–H groups in total. The number of rotatable bonds is 7. The van der Waals surface area contributed by atoms with Crippen LogP contribution in [0.15, 0.2) is 24.3 Å². The summed E-state index contributed by atoms with van der Waals surface area (Å²) in [5.41, 5.74) is 6.14. The number of hydrogen-bond acceptors (Lipinski definition) is 4. The van der Waals surface area contributed by atoms with Crippen LogP contribution < -0.4 is 15.8 Å². The number of nitrogens with two attached hydrogens (primary N) is 1. The van der Waals surface area contributed by atoms with Crippen LogP contribution in [0.5, 0.6) is 5.75 Å². The van der Waals surface area contributed by atoms with Gasteiger partial charge >= 0.3 is 0 Å². The molecule has 0 spiro atoms. The molecule has 0 radical (unpaired) electrons. The summed E-state index contributed by atoms with van der Waals surface area (Å²) < 4.78 is 10.5. The SMILES string of the molecule is CCOc1ccccc1NC(=O)CC(CN)OC. The second-order valence-electron chi connectivity index (χ2n) is 3.77. The van der Waals surface area contributed by atoms with Crippen molar-refractivity contribution in [1.82, 2.24) is 0 Å². The highest BCUT2D eigenvalue weighted by atomic mass is 16.5. The van der Waals surface area contributed by atoms with Gasteiger partial charge in [-0.05, 0) is 19.1 Å². The number of benzene rings is 1. The van der Waals surface area contributed by atoms with E-state index in [1.54, 1.807) is 13.2 Å². The molecule has 1 atom stereocenters. The molecule has 5 nitrogen and oxygen atoms in total. The molecule has 0 aliphatic carbocycles. The second kappa shape index (κ2) is 7.68. The highest BCUT2D eigenvalue weighted by Crippen LogP contribution is 2.23. The third kappa shape index (κ3) is 4.35. The minimum absolute atomic E-state index is 0.139. The fourth-order valence-electron chi connectivity index (χ4n) is 1.52. The number of anilines is 1. The number of para-hydroxylation sites is 2. The quantitative estimate of drug-likeness (QED) is 0.769. The predicted octanol–water partition coefficient (Wildman–Crippen LogP) is 1.39. The third-order valence-electron chi connectivity index (χ3n) is 2.47. The topological polar surface area (TPSA) is 73.6 Å². The molecule has 18 heavy (non-hydrogen) atoms. The number of hydrogen-bond donors (Lipinski definition) is 2. The van der Waals surface area contributed by atoms with Crippen molar-refractivity contribution in [2.75, 3.05) is 25.6 Å². The first-order valence-corrected chi connectivity index (χ1v) is 5.95.